The van der Waals surface area contributed by atoms with Crippen LogP contribution in [0.4, 0.5) is 0 Å². The number of phenolic OH excluding ortho intramolecular Hbond substituents is 1. The van der Waals surface area contributed by atoms with Crippen molar-refractivity contribution in [2.45, 2.75) is 20.3 Å². The quantitative estimate of drug-likeness (QED) is 0.896. The molecule has 1 amide bonds. The van der Waals surface area contributed by atoms with Crippen molar-refractivity contribution in [3.8, 4) is 5.75 Å². The van der Waals surface area contributed by atoms with Gasteiger partial charge in [0.1, 0.15) is 5.75 Å². The van der Waals surface area contributed by atoms with Gasteiger partial charge in [-0.2, -0.15) is 0 Å². The fourth-order valence-electron chi connectivity index (χ4n) is 2.13. The molecule has 0 saturated heterocycles. The van der Waals surface area contributed by atoms with Crippen LogP contribution in [0.3, 0.4) is 0 Å². The van der Waals surface area contributed by atoms with Crippen LogP contribution in [-0.2, 0) is 6.42 Å². The van der Waals surface area contributed by atoms with E-state index in [0.717, 1.165) is 12.0 Å². The van der Waals surface area contributed by atoms with Crippen molar-refractivity contribution < 1.29 is 9.90 Å². The lowest BCUT2D eigenvalue weighted by Gasteiger charge is -2.09. The highest BCUT2D eigenvalue weighted by Crippen LogP contribution is 2.18. The molecular weight excluding hydrogens is 250 g/mol. The molecule has 0 fully saturated rings. The molecule has 2 N–H and O–H groups in total. The number of aryl methyl sites for hydroxylation is 2. The third-order valence-electron chi connectivity index (χ3n) is 3.34. The Balaban J connectivity index is 1.94. The van der Waals surface area contributed by atoms with E-state index in [2.05, 4.69) is 24.4 Å². The number of nitrogens with one attached hydrogen (secondary N) is 1. The van der Waals surface area contributed by atoms with E-state index < -0.39 is 0 Å². The standard InChI is InChI=1S/C17H19NO2/c1-12-7-8-15(16(19)11-12)17(20)18-10-9-14-6-4-3-5-13(14)2/h3-8,11,19H,9-10H2,1-2H3,(H,18,20). The van der Waals surface area contributed by atoms with Crippen molar-refractivity contribution in [1.82, 2.24) is 5.32 Å². The minimum Gasteiger partial charge on any atom is -0.507 e. The van der Waals surface area contributed by atoms with E-state index in [1.807, 2.05) is 25.1 Å². The molecule has 0 aromatic heterocycles. The monoisotopic (exact) mass is 269 g/mol. The van der Waals surface area contributed by atoms with Crippen LogP contribution >= 0.6 is 0 Å². The molecule has 20 heavy (non-hydrogen) atoms. The average molecular weight is 269 g/mol. The third kappa shape index (κ3) is 3.38. The van der Waals surface area contributed by atoms with Gasteiger partial charge >= 0.3 is 0 Å². The molecule has 0 saturated carbocycles. The Hall–Kier alpha value is -2.29. The van der Waals surface area contributed by atoms with Crippen LogP contribution in [0.5, 0.6) is 5.75 Å². The zero-order valence-electron chi connectivity index (χ0n) is 11.8. The van der Waals surface area contributed by atoms with Gasteiger partial charge in [-0.25, -0.2) is 0 Å². The molecule has 2 aromatic carbocycles. The van der Waals surface area contributed by atoms with Crippen LogP contribution in [0.1, 0.15) is 27.0 Å². The van der Waals surface area contributed by atoms with E-state index in [1.165, 1.54) is 11.1 Å². The number of rotatable bonds is 4. The predicted molar refractivity (Wildman–Crippen MR) is 80.1 cm³/mol. The van der Waals surface area contributed by atoms with Gasteiger partial charge in [-0.3, -0.25) is 4.79 Å². The summed E-state index contributed by atoms with van der Waals surface area (Å²) in [6.07, 6.45) is 0.783. The van der Waals surface area contributed by atoms with Crippen molar-refractivity contribution in [2.75, 3.05) is 6.54 Å². The SMILES string of the molecule is Cc1ccc(C(=O)NCCc2ccccc2C)c(O)c1. The average Bonchev–Trinajstić information content (AvgIpc) is 2.40. The Kier molecular flexibility index (Phi) is 4.41. The molecule has 104 valence electrons. The third-order valence-corrected chi connectivity index (χ3v) is 3.34. The van der Waals surface area contributed by atoms with Crippen LogP contribution < -0.4 is 5.32 Å². The molecule has 0 heterocycles. The van der Waals surface area contributed by atoms with Gasteiger partial charge in [0.15, 0.2) is 0 Å². The summed E-state index contributed by atoms with van der Waals surface area (Å²) >= 11 is 0. The highest BCUT2D eigenvalue weighted by molar-refractivity contribution is 5.96. The largest absolute Gasteiger partial charge is 0.507 e. The minimum atomic E-state index is -0.240. The van der Waals surface area contributed by atoms with Gasteiger partial charge in [-0.05, 0) is 49.1 Å². The van der Waals surface area contributed by atoms with Gasteiger partial charge in [0.2, 0.25) is 0 Å². The Morgan fingerprint density at radius 3 is 2.60 bits per heavy atom. The van der Waals surface area contributed by atoms with Crippen molar-refractivity contribution >= 4 is 5.91 Å². The molecule has 0 aliphatic heterocycles. The Morgan fingerprint density at radius 1 is 1.15 bits per heavy atom. The first-order valence-electron chi connectivity index (χ1n) is 6.70. The second-order valence-electron chi connectivity index (χ2n) is 4.95. The molecule has 0 atom stereocenters. The molecule has 2 rings (SSSR count). The lowest BCUT2D eigenvalue weighted by molar-refractivity contribution is 0.0951. The normalized spacial score (nSPS) is 10.3. The van der Waals surface area contributed by atoms with Gasteiger partial charge < -0.3 is 10.4 Å². The number of carbonyl (C=O) groups is 1. The van der Waals surface area contributed by atoms with E-state index in [1.54, 1.807) is 12.1 Å². The summed E-state index contributed by atoms with van der Waals surface area (Å²) < 4.78 is 0. The molecule has 0 aliphatic rings. The minimum absolute atomic E-state index is 0.0263. The van der Waals surface area contributed by atoms with E-state index >= 15 is 0 Å². The lowest BCUT2D eigenvalue weighted by Crippen LogP contribution is -2.25. The maximum Gasteiger partial charge on any atom is 0.255 e. The van der Waals surface area contributed by atoms with Crippen molar-refractivity contribution in [2.24, 2.45) is 0 Å². The number of benzene rings is 2. The highest BCUT2D eigenvalue weighted by atomic mass is 16.3. The highest BCUT2D eigenvalue weighted by Gasteiger charge is 2.10. The molecule has 3 nitrogen and oxygen atoms in total. The maximum absolute atomic E-state index is 12.0. The Bertz CT molecular complexity index is 620. The first kappa shape index (κ1) is 14.1. The molecule has 0 aliphatic carbocycles. The Morgan fingerprint density at radius 2 is 1.90 bits per heavy atom. The summed E-state index contributed by atoms with van der Waals surface area (Å²) in [5, 5.41) is 12.6. The topological polar surface area (TPSA) is 49.3 Å². The molecule has 0 unspecified atom stereocenters. The summed E-state index contributed by atoms with van der Waals surface area (Å²) in [4.78, 5) is 12.0. The Labute approximate surface area is 119 Å². The fourth-order valence-corrected chi connectivity index (χ4v) is 2.13. The van der Waals surface area contributed by atoms with Crippen LogP contribution in [0.15, 0.2) is 42.5 Å². The predicted octanol–water partition coefficient (Wildman–Crippen LogP) is 2.98. The second kappa shape index (κ2) is 6.24. The maximum atomic E-state index is 12.0. The van der Waals surface area contributed by atoms with Crippen LogP contribution in [0.2, 0.25) is 0 Å². The van der Waals surface area contributed by atoms with Crippen LogP contribution in [-0.4, -0.2) is 17.6 Å². The summed E-state index contributed by atoms with van der Waals surface area (Å²) in [7, 11) is 0. The van der Waals surface area contributed by atoms with Crippen molar-refractivity contribution in [3.63, 3.8) is 0 Å². The van der Waals surface area contributed by atoms with Crippen LogP contribution in [0.25, 0.3) is 0 Å². The van der Waals surface area contributed by atoms with Gasteiger partial charge in [0.25, 0.3) is 5.91 Å². The zero-order valence-corrected chi connectivity index (χ0v) is 11.8. The number of hydrogen-bond acceptors (Lipinski definition) is 2. The first-order valence-corrected chi connectivity index (χ1v) is 6.70. The summed E-state index contributed by atoms with van der Waals surface area (Å²) in [5.74, 6) is -0.213. The van der Waals surface area contributed by atoms with E-state index in [9.17, 15) is 9.90 Å². The summed E-state index contributed by atoms with van der Waals surface area (Å²) in [6.45, 7) is 4.49. The number of aromatic hydroxyl groups is 1. The molecular formula is C17H19NO2. The van der Waals surface area contributed by atoms with Gasteiger partial charge in [-0.1, -0.05) is 30.3 Å². The lowest BCUT2D eigenvalue weighted by atomic mass is 10.1. The van der Waals surface area contributed by atoms with Crippen LogP contribution in [0, 0.1) is 13.8 Å². The molecule has 0 radical (unpaired) electrons. The number of amides is 1. The van der Waals surface area contributed by atoms with Crippen molar-refractivity contribution in [3.05, 3.63) is 64.7 Å². The molecule has 2 aromatic rings. The zero-order chi connectivity index (χ0) is 14.5. The summed E-state index contributed by atoms with van der Waals surface area (Å²) in [6, 6.07) is 13.2. The van der Waals surface area contributed by atoms with E-state index in [4.69, 9.17) is 0 Å². The van der Waals surface area contributed by atoms with E-state index in [-0.39, 0.29) is 11.7 Å². The van der Waals surface area contributed by atoms with Crippen molar-refractivity contribution in [1.29, 1.82) is 0 Å². The summed E-state index contributed by atoms with van der Waals surface area (Å²) in [5.41, 5.74) is 3.69. The fraction of sp³-hybridized carbons (Fsp3) is 0.235. The smallest absolute Gasteiger partial charge is 0.255 e. The molecule has 0 bridgehead atoms. The number of phenols is 1. The second-order valence-corrected chi connectivity index (χ2v) is 4.95. The van der Waals surface area contributed by atoms with Gasteiger partial charge in [-0.15, -0.1) is 0 Å². The van der Waals surface area contributed by atoms with Gasteiger partial charge in [0.05, 0.1) is 5.56 Å². The molecule has 0 spiro atoms. The first-order chi connectivity index (χ1) is 9.58. The van der Waals surface area contributed by atoms with Gasteiger partial charge in [0, 0.05) is 6.54 Å². The van der Waals surface area contributed by atoms with E-state index in [0.29, 0.717) is 12.1 Å². The number of carbonyl (C=O) groups excluding carboxylic acids is 1. The molecule has 3 heteroatoms. The number of hydrogen-bond donors (Lipinski definition) is 2.